The summed E-state index contributed by atoms with van der Waals surface area (Å²) < 4.78 is 35.4. The predicted octanol–water partition coefficient (Wildman–Crippen LogP) is 4.40. The van der Waals surface area contributed by atoms with E-state index in [1.54, 1.807) is 13.0 Å². The maximum atomic E-state index is 13.4. The number of rotatable bonds is 8. The lowest BCUT2D eigenvalue weighted by atomic mass is 10.1. The molecule has 2 heterocycles. The lowest BCUT2D eigenvalue weighted by Gasteiger charge is -2.26. The number of anilines is 2. The number of amides is 5. The molecule has 1 saturated heterocycles. The Kier molecular flexibility index (Phi) is 7.88. The summed E-state index contributed by atoms with van der Waals surface area (Å²) in [5, 5.41) is 4.77. The standard InChI is InChI=1S/C28H21BrFN3O8/c1-2-38-22-10-15(20(29)12-24(22)39-13-25(34)31-17-5-3-16(30)4-6-17)9-19-26(35)32-28(37)33(27(19)36)18-7-8-21-23(11-18)41-14-40-21/h3-12H,2,13-14H2,1H3,(H,31,34)(H,32,35,37)/b19-9+. The summed E-state index contributed by atoms with van der Waals surface area (Å²) in [6.45, 7) is 1.63. The first-order valence-corrected chi connectivity index (χ1v) is 13.0. The number of imide groups is 2. The number of hydrogen-bond acceptors (Lipinski definition) is 8. The van der Waals surface area contributed by atoms with Crippen molar-refractivity contribution in [3.05, 3.63) is 76.0 Å². The number of ether oxygens (including phenoxy) is 4. The number of fused-ring (bicyclic) bond motifs is 1. The van der Waals surface area contributed by atoms with Gasteiger partial charge in [-0.3, -0.25) is 19.7 Å². The molecule has 0 radical (unpaired) electrons. The van der Waals surface area contributed by atoms with Crippen LogP contribution in [-0.2, 0) is 14.4 Å². The largest absolute Gasteiger partial charge is 0.490 e. The van der Waals surface area contributed by atoms with Crippen LogP contribution >= 0.6 is 15.9 Å². The molecule has 2 aliphatic rings. The highest BCUT2D eigenvalue weighted by Gasteiger charge is 2.37. The van der Waals surface area contributed by atoms with Gasteiger partial charge in [0.05, 0.1) is 12.3 Å². The molecule has 0 spiro atoms. The molecule has 3 aromatic carbocycles. The van der Waals surface area contributed by atoms with Crippen LogP contribution in [0.5, 0.6) is 23.0 Å². The molecule has 210 valence electrons. The van der Waals surface area contributed by atoms with Crippen molar-refractivity contribution >= 4 is 57.1 Å². The predicted molar refractivity (Wildman–Crippen MR) is 147 cm³/mol. The van der Waals surface area contributed by atoms with Crippen LogP contribution in [-0.4, -0.2) is 43.8 Å². The molecule has 2 aliphatic heterocycles. The molecule has 1 fully saturated rings. The fourth-order valence-corrected chi connectivity index (χ4v) is 4.42. The van der Waals surface area contributed by atoms with Crippen LogP contribution < -0.4 is 34.5 Å². The minimum Gasteiger partial charge on any atom is -0.490 e. The Morgan fingerprint density at radius 2 is 1.78 bits per heavy atom. The van der Waals surface area contributed by atoms with E-state index in [4.69, 9.17) is 18.9 Å². The van der Waals surface area contributed by atoms with Crippen molar-refractivity contribution in [2.45, 2.75) is 6.92 Å². The molecule has 0 atom stereocenters. The van der Waals surface area contributed by atoms with Gasteiger partial charge in [0.25, 0.3) is 17.7 Å². The number of nitrogens with zero attached hydrogens (tertiary/aromatic N) is 1. The monoisotopic (exact) mass is 625 g/mol. The fourth-order valence-electron chi connectivity index (χ4n) is 3.99. The summed E-state index contributed by atoms with van der Waals surface area (Å²) in [6, 6.07) is 11.9. The topological polar surface area (TPSA) is 133 Å². The van der Waals surface area contributed by atoms with Crippen molar-refractivity contribution < 1.29 is 42.5 Å². The summed E-state index contributed by atoms with van der Waals surface area (Å²) in [7, 11) is 0. The number of urea groups is 1. The van der Waals surface area contributed by atoms with E-state index >= 15 is 0 Å². The second-order valence-corrected chi connectivity index (χ2v) is 9.45. The molecular weight excluding hydrogens is 605 g/mol. The van der Waals surface area contributed by atoms with Gasteiger partial charge in [-0.05, 0) is 67.1 Å². The van der Waals surface area contributed by atoms with Gasteiger partial charge in [-0.25, -0.2) is 14.1 Å². The van der Waals surface area contributed by atoms with Gasteiger partial charge in [0.1, 0.15) is 11.4 Å². The molecule has 5 rings (SSSR count). The van der Waals surface area contributed by atoms with E-state index < -0.39 is 29.6 Å². The molecule has 0 saturated carbocycles. The number of benzene rings is 3. The van der Waals surface area contributed by atoms with Gasteiger partial charge in [0, 0.05) is 16.2 Å². The SMILES string of the molecule is CCOc1cc(/C=C2\C(=O)NC(=O)N(c3ccc4c(c3)OCO4)C2=O)c(Br)cc1OCC(=O)Nc1ccc(F)cc1. The number of hydrogen-bond donors (Lipinski definition) is 2. The second-order valence-electron chi connectivity index (χ2n) is 8.59. The van der Waals surface area contributed by atoms with Crippen LogP contribution in [0.3, 0.4) is 0 Å². The highest BCUT2D eigenvalue weighted by Crippen LogP contribution is 2.38. The third-order valence-electron chi connectivity index (χ3n) is 5.87. The van der Waals surface area contributed by atoms with Crippen molar-refractivity contribution in [3.63, 3.8) is 0 Å². The van der Waals surface area contributed by atoms with Crippen LogP contribution in [0.4, 0.5) is 20.6 Å². The Hall–Kier alpha value is -4.91. The summed E-state index contributed by atoms with van der Waals surface area (Å²) in [5.74, 6) is -1.36. The smallest absolute Gasteiger partial charge is 0.335 e. The van der Waals surface area contributed by atoms with Crippen molar-refractivity contribution in [2.75, 3.05) is 30.2 Å². The molecular formula is C28H21BrFN3O8. The average molecular weight is 626 g/mol. The summed E-state index contributed by atoms with van der Waals surface area (Å²) in [5.41, 5.74) is 0.650. The third-order valence-corrected chi connectivity index (χ3v) is 6.55. The quantitative estimate of drug-likeness (QED) is 0.278. The van der Waals surface area contributed by atoms with E-state index in [1.807, 2.05) is 0 Å². The summed E-state index contributed by atoms with van der Waals surface area (Å²) in [6.07, 6.45) is 1.31. The van der Waals surface area contributed by atoms with E-state index in [-0.39, 0.29) is 42.8 Å². The van der Waals surface area contributed by atoms with Gasteiger partial charge in [-0.2, -0.15) is 0 Å². The molecule has 0 aliphatic carbocycles. The van der Waals surface area contributed by atoms with E-state index in [0.29, 0.717) is 27.2 Å². The summed E-state index contributed by atoms with van der Waals surface area (Å²) in [4.78, 5) is 51.8. The minimum absolute atomic E-state index is 0.0113. The first-order chi connectivity index (χ1) is 19.7. The Bertz CT molecular complexity index is 1590. The lowest BCUT2D eigenvalue weighted by Crippen LogP contribution is -2.54. The van der Waals surface area contributed by atoms with Gasteiger partial charge in [0.2, 0.25) is 6.79 Å². The van der Waals surface area contributed by atoms with Crippen LogP contribution in [0, 0.1) is 5.82 Å². The maximum Gasteiger partial charge on any atom is 0.335 e. The second kappa shape index (κ2) is 11.7. The van der Waals surface area contributed by atoms with E-state index in [0.717, 1.165) is 4.90 Å². The molecule has 5 amide bonds. The van der Waals surface area contributed by atoms with Crippen molar-refractivity contribution in [1.82, 2.24) is 5.32 Å². The number of carbonyl (C=O) groups is 4. The van der Waals surface area contributed by atoms with Crippen LogP contribution in [0.2, 0.25) is 0 Å². The van der Waals surface area contributed by atoms with Gasteiger partial charge in [-0.15, -0.1) is 0 Å². The molecule has 11 nitrogen and oxygen atoms in total. The molecule has 13 heteroatoms. The van der Waals surface area contributed by atoms with Crippen LogP contribution in [0.1, 0.15) is 12.5 Å². The fraction of sp³-hybridized carbons (Fsp3) is 0.143. The zero-order valence-electron chi connectivity index (χ0n) is 21.4. The summed E-state index contributed by atoms with van der Waals surface area (Å²) >= 11 is 3.40. The van der Waals surface area contributed by atoms with Crippen molar-refractivity contribution in [3.8, 4) is 23.0 Å². The lowest BCUT2D eigenvalue weighted by molar-refractivity contribution is -0.122. The molecule has 3 aromatic rings. The Morgan fingerprint density at radius 3 is 2.54 bits per heavy atom. The van der Waals surface area contributed by atoms with Crippen LogP contribution in [0.15, 0.2) is 64.6 Å². The first kappa shape index (κ1) is 27.6. The maximum absolute atomic E-state index is 13.4. The average Bonchev–Trinajstić information content (AvgIpc) is 3.41. The van der Waals surface area contributed by atoms with E-state index in [1.165, 1.54) is 54.6 Å². The number of nitrogens with one attached hydrogen (secondary N) is 2. The number of barbiturate groups is 1. The number of halogens is 2. The first-order valence-electron chi connectivity index (χ1n) is 12.2. The highest BCUT2D eigenvalue weighted by atomic mass is 79.9. The van der Waals surface area contributed by atoms with Gasteiger partial charge < -0.3 is 24.3 Å². The van der Waals surface area contributed by atoms with Crippen molar-refractivity contribution in [1.29, 1.82) is 0 Å². The van der Waals surface area contributed by atoms with Crippen LogP contribution in [0.25, 0.3) is 6.08 Å². The molecule has 0 bridgehead atoms. The molecule has 0 unspecified atom stereocenters. The van der Waals surface area contributed by atoms with Gasteiger partial charge in [-0.1, -0.05) is 15.9 Å². The Balaban J connectivity index is 1.38. The molecule has 0 aromatic heterocycles. The van der Waals surface area contributed by atoms with E-state index in [9.17, 15) is 23.6 Å². The third kappa shape index (κ3) is 5.99. The van der Waals surface area contributed by atoms with Crippen molar-refractivity contribution in [2.24, 2.45) is 0 Å². The molecule has 41 heavy (non-hydrogen) atoms. The zero-order chi connectivity index (χ0) is 29.1. The molecule has 2 N–H and O–H groups in total. The zero-order valence-corrected chi connectivity index (χ0v) is 22.9. The minimum atomic E-state index is -0.909. The Morgan fingerprint density at radius 1 is 1.05 bits per heavy atom. The Labute approximate surface area is 240 Å². The number of carbonyl (C=O) groups excluding carboxylic acids is 4. The van der Waals surface area contributed by atoms with Gasteiger partial charge in [0.15, 0.2) is 29.6 Å². The van der Waals surface area contributed by atoms with E-state index in [2.05, 4.69) is 26.6 Å². The van der Waals surface area contributed by atoms with Gasteiger partial charge >= 0.3 is 6.03 Å². The normalized spacial score (nSPS) is 15.1. The highest BCUT2D eigenvalue weighted by molar-refractivity contribution is 9.10.